The van der Waals surface area contributed by atoms with Crippen LogP contribution in [-0.4, -0.2) is 51.1 Å². The van der Waals surface area contributed by atoms with E-state index in [2.05, 4.69) is 20.1 Å². The van der Waals surface area contributed by atoms with E-state index < -0.39 is 65.7 Å². The average molecular weight is 765 g/mol. The van der Waals surface area contributed by atoms with Crippen LogP contribution in [0.4, 0.5) is 51.1 Å². The molecule has 1 amide bonds. The van der Waals surface area contributed by atoms with Gasteiger partial charge in [0.05, 0.1) is 30.8 Å². The van der Waals surface area contributed by atoms with E-state index >= 15 is 0 Å². The van der Waals surface area contributed by atoms with Gasteiger partial charge in [-0.15, -0.1) is 18.3 Å². The average Bonchev–Trinajstić information content (AvgIpc) is 3.50. The predicted molar refractivity (Wildman–Crippen MR) is 170 cm³/mol. The van der Waals surface area contributed by atoms with Crippen LogP contribution in [0.1, 0.15) is 87.1 Å². The molecule has 10 nitrogen and oxygen atoms in total. The van der Waals surface area contributed by atoms with Gasteiger partial charge in [-0.1, -0.05) is 12.0 Å². The van der Waals surface area contributed by atoms with E-state index in [1.165, 1.54) is 22.9 Å². The van der Waals surface area contributed by atoms with Gasteiger partial charge in [0.15, 0.2) is 0 Å². The van der Waals surface area contributed by atoms with Crippen molar-refractivity contribution in [2.45, 2.75) is 96.1 Å². The lowest BCUT2D eigenvalue weighted by molar-refractivity contribution is -0.274. The minimum atomic E-state index is -5.14. The van der Waals surface area contributed by atoms with Crippen molar-refractivity contribution < 1.29 is 58.6 Å². The van der Waals surface area contributed by atoms with Crippen molar-refractivity contribution in [3.63, 3.8) is 0 Å². The summed E-state index contributed by atoms with van der Waals surface area (Å²) >= 11 is 0. The van der Waals surface area contributed by atoms with E-state index in [0.717, 1.165) is 16.9 Å². The first-order chi connectivity index (χ1) is 24.8. The third-order valence-corrected chi connectivity index (χ3v) is 9.51. The van der Waals surface area contributed by atoms with Crippen LogP contribution in [0.3, 0.4) is 0 Å². The molecular formula is C34H37F9N6O4. The molecular weight excluding hydrogens is 727 g/mol. The van der Waals surface area contributed by atoms with E-state index in [0.29, 0.717) is 44.2 Å². The molecule has 2 heterocycles. The highest BCUT2D eigenvalue weighted by atomic mass is 19.4. The second-order valence-electron chi connectivity index (χ2n) is 13.1. The molecule has 1 aliphatic heterocycles. The van der Waals surface area contributed by atoms with Crippen molar-refractivity contribution in [1.29, 1.82) is 0 Å². The number of esters is 1. The van der Waals surface area contributed by atoms with Crippen LogP contribution < -0.4 is 14.5 Å². The number of carbonyl (C=O) groups is 2. The molecule has 19 heteroatoms. The summed E-state index contributed by atoms with van der Waals surface area (Å²) in [6.45, 7) is 3.07. The maximum absolute atomic E-state index is 14.3. The first-order valence-corrected chi connectivity index (χ1v) is 16.9. The number of aryl methyl sites for hydroxylation is 1. The van der Waals surface area contributed by atoms with Crippen LogP contribution in [0.5, 0.6) is 5.75 Å². The molecule has 290 valence electrons. The Morgan fingerprint density at radius 3 is 2.08 bits per heavy atom. The Balaban J connectivity index is 1.57. The highest BCUT2D eigenvalue weighted by Gasteiger charge is 2.43. The summed E-state index contributed by atoms with van der Waals surface area (Å²) in [6, 6.07) is 2.77. The molecule has 0 spiro atoms. The van der Waals surface area contributed by atoms with Gasteiger partial charge in [-0.25, -0.2) is 0 Å². The molecule has 0 radical (unpaired) electrons. The summed E-state index contributed by atoms with van der Waals surface area (Å²) in [6.07, 6.45) is -12.9. The minimum Gasteiger partial charge on any atom is -0.466 e. The van der Waals surface area contributed by atoms with E-state index in [1.807, 2.05) is 0 Å². The van der Waals surface area contributed by atoms with Gasteiger partial charge in [0, 0.05) is 36.2 Å². The zero-order valence-corrected chi connectivity index (χ0v) is 28.9. The van der Waals surface area contributed by atoms with Crippen LogP contribution in [0.15, 0.2) is 36.4 Å². The molecule has 3 aromatic rings. The van der Waals surface area contributed by atoms with Gasteiger partial charge in [0.2, 0.25) is 5.91 Å². The summed E-state index contributed by atoms with van der Waals surface area (Å²) in [4.78, 5) is 30.1. The molecule has 53 heavy (non-hydrogen) atoms. The number of fused-ring (bicyclic) bond motifs is 1. The van der Waals surface area contributed by atoms with Crippen LogP contribution in [0.2, 0.25) is 0 Å². The largest absolute Gasteiger partial charge is 0.573 e. The number of alkyl halides is 9. The van der Waals surface area contributed by atoms with Crippen molar-refractivity contribution in [1.82, 2.24) is 20.2 Å². The monoisotopic (exact) mass is 764 g/mol. The van der Waals surface area contributed by atoms with Gasteiger partial charge in [0.1, 0.15) is 5.75 Å². The Hall–Kier alpha value is -4.58. The molecule has 1 saturated carbocycles. The number of halogens is 9. The third kappa shape index (κ3) is 9.51. The minimum absolute atomic E-state index is 0.00794. The van der Waals surface area contributed by atoms with Crippen molar-refractivity contribution in [2.24, 2.45) is 18.9 Å². The lowest BCUT2D eigenvalue weighted by Crippen LogP contribution is -2.50. The second kappa shape index (κ2) is 15.4. The fourth-order valence-electron chi connectivity index (χ4n) is 7.13. The number of anilines is 2. The van der Waals surface area contributed by atoms with Crippen molar-refractivity contribution in [2.75, 3.05) is 16.4 Å². The summed E-state index contributed by atoms with van der Waals surface area (Å²) in [7, 11) is 1.38. The quantitative estimate of drug-likeness (QED) is 0.151. The third-order valence-electron chi connectivity index (χ3n) is 9.51. The molecule has 1 aromatic heterocycles. The van der Waals surface area contributed by atoms with Crippen LogP contribution in [0.25, 0.3) is 0 Å². The molecule has 1 aliphatic carbocycles. The number of hydrogen-bond donors (Lipinski definition) is 0. The molecule has 0 bridgehead atoms. The molecule has 0 saturated heterocycles. The Bertz CT molecular complexity index is 1740. The second-order valence-corrected chi connectivity index (χ2v) is 13.1. The van der Waals surface area contributed by atoms with Crippen LogP contribution in [0, 0.1) is 11.8 Å². The molecule has 2 aromatic carbocycles. The summed E-state index contributed by atoms with van der Waals surface area (Å²) in [5.41, 5.74) is -3.28. The number of carbonyl (C=O) groups excluding carboxylic acids is 2. The van der Waals surface area contributed by atoms with Gasteiger partial charge in [-0.3, -0.25) is 9.59 Å². The van der Waals surface area contributed by atoms with Gasteiger partial charge < -0.3 is 19.3 Å². The number of aromatic nitrogens is 4. The normalized spacial score (nSPS) is 20.9. The number of rotatable bonds is 10. The number of ether oxygens (including phenoxy) is 2. The zero-order chi connectivity index (χ0) is 38.9. The van der Waals surface area contributed by atoms with Crippen LogP contribution >= 0.6 is 0 Å². The Kier molecular flexibility index (Phi) is 11.5. The van der Waals surface area contributed by atoms with Gasteiger partial charge in [0.25, 0.3) is 5.95 Å². The fraction of sp³-hybridized carbons (Fsp3) is 0.559. The van der Waals surface area contributed by atoms with Crippen molar-refractivity contribution in [3.8, 4) is 5.75 Å². The molecule has 0 unspecified atom stereocenters. The number of benzene rings is 2. The Morgan fingerprint density at radius 2 is 1.55 bits per heavy atom. The van der Waals surface area contributed by atoms with E-state index in [1.54, 1.807) is 13.8 Å². The van der Waals surface area contributed by atoms with Crippen molar-refractivity contribution in [3.05, 3.63) is 58.7 Å². The smallest absolute Gasteiger partial charge is 0.466 e. The Labute approximate surface area is 298 Å². The molecule has 0 N–H and O–H groups in total. The molecule has 2 atom stereocenters. The fourth-order valence-corrected chi connectivity index (χ4v) is 7.13. The van der Waals surface area contributed by atoms with Crippen molar-refractivity contribution >= 4 is 23.5 Å². The molecule has 2 aliphatic rings. The predicted octanol–water partition coefficient (Wildman–Crippen LogP) is 8.17. The Morgan fingerprint density at radius 1 is 0.906 bits per heavy atom. The van der Waals surface area contributed by atoms with E-state index in [4.69, 9.17) is 4.74 Å². The van der Waals surface area contributed by atoms with Gasteiger partial charge in [-0.2, -0.15) is 31.1 Å². The topological polar surface area (TPSA) is 103 Å². The van der Waals surface area contributed by atoms with Gasteiger partial charge in [-0.05, 0) is 98.5 Å². The lowest BCUT2D eigenvalue weighted by Gasteiger charge is -2.45. The zero-order valence-electron chi connectivity index (χ0n) is 28.9. The number of nitrogens with zero attached hydrogens (tertiary/aromatic N) is 6. The number of amides is 1. The highest BCUT2D eigenvalue weighted by Crippen LogP contribution is 2.47. The summed E-state index contributed by atoms with van der Waals surface area (Å²) < 4.78 is 132. The van der Waals surface area contributed by atoms with E-state index in [-0.39, 0.29) is 60.5 Å². The highest BCUT2D eigenvalue weighted by molar-refractivity contribution is 5.97. The maximum atomic E-state index is 14.3. The standard InChI is InChI=1S/C34H37F9N6O4/c1-4-24-16-28(48(31-44-46-47(3)45-31)18-20-12-22(32(35,36)37)15-23(13-20)33(38,39)40)26-17-25(53-34(41,42)43)10-11-27(26)49(24)30(51)21-8-6-19(7-9-21)14-29(50)52-5-2/h10-13,15,17,19,21,24,28H,4-9,14,16,18H2,1-3H3/t19?,21?,24-,28+/m1/s1. The molecule has 1 fully saturated rings. The van der Waals surface area contributed by atoms with Crippen LogP contribution in [-0.2, 0) is 40.3 Å². The summed E-state index contributed by atoms with van der Waals surface area (Å²) in [5, 5.41) is 11.9. The summed E-state index contributed by atoms with van der Waals surface area (Å²) in [5.74, 6) is -1.99. The van der Waals surface area contributed by atoms with Gasteiger partial charge >= 0.3 is 24.7 Å². The van der Waals surface area contributed by atoms with E-state index in [9.17, 15) is 49.1 Å². The SMILES string of the molecule is CCOC(=O)CC1CCC(C(=O)N2c3ccc(OC(F)(F)F)cc3[C@@H](N(Cc3cc(C(F)(F)F)cc(C(F)(F)F)c3)c3nnn(C)n3)C[C@H]2CC)CC1. The first kappa shape index (κ1) is 39.6. The number of hydrogen-bond acceptors (Lipinski definition) is 8. The lowest BCUT2D eigenvalue weighted by atomic mass is 9.79. The molecule has 5 rings (SSSR count). The first-order valence-electron chi connectivity index (χ1n) is 16.9. The number of tetrazole rings is 1. The maximum Gasteiger partial charge on any atom is 0.573 e.